The van der Waals surface area contributed by atoms with Gasteiger partial charge in [0.15, 0.2) is 0 Å². The molecular formula is C23H17GeO3. The fourth-order valence-electron chi connectivity index (χ4n) is 2.90. The SMILES string of the molecule is O=C(C[C]([Ge])(C(=O)c1ccccc1)C(=O)c1ccccc1)c1ccccc1. The number of hydrogen-bond donors (Lipinski definition) is 0. The molecule has 131 valence electrons. The number of carbonyl (C=O) groups excluding carboxylic acids is 3. The van der Waals surface area contributed by atoms with Gasteiger partial charge in [0.05, 0.1) is 0 Å². The number of benzene rings is 3. The topological polar surface area (TPSA) is 51.2 Å². The zero-order valence-electron chi connectivity index (χ0n) is 14.6. The van der Waals surface area contributed by atoms with E-state index >= 15 is 0 Å². The van der Waals surface area contributed by atoms with E-state index in [-0.39, 0.29) is 23.8 Å². The van der Waals surface area contributed by atoms with Crippen LogP contribution in [0, 0.1) is 0 Å². The molecule has 3 rings (SSSR count). The average molecular weight is 414 g/mol. The van der Waals surface area contributed by atoms with E-state index < -0.39 is 4.25 Å². The van der Waals surface area contributed by atoms with Crippen molar-refractivity contribution in [2.75, 3.05) is 0 Å². The second kappa shape index (κ2) is 8.27. The molecule has 0 amide bonds. The summed E-state index contributed by atoms with van der Waals surface area (Å²) in [6, 6.07) is 26.1. The molecule has 0 N–H and O–H groups in total. The molecule has 3 radical (unpaired) electrons. The minimum atomic E-state index is -1.48. The molecule has 27 heavy (non-hydrogen) atoms. The summed E-state index contributed by atoms with van der Waals surface area (Å²) in [4.78, 5) is 39.4. The third-order valence-electron chi connectivity index (χ3n) is 4.37. The number of hydrogen-bond acceptors (Lipinski definition) is 3. The normalized spacial score (nSPS) is 11.0. The van der Waals surface area contributed by atoms with Gasteiger partial charge in [-0.25, -0.2) is 0 Å². The van der Waals surface area contributed by atoms with Crippen LogP contribution in [0.2, 0.25) is 4.25 Å². The molecule has 0 aromatic heterocycles. The van der Waals surface area contributed by atoms with Crippen LogP contribution >= 0.6 is 0 Å². The molecule has 3 nitrogen and oxygen atoms in total. The Labute approximate surface area is 166 Å². The van der Waals surface area contributed by atoms with E-state index in [1.54, 1.807) is 89.3 Å². The van der Waals surface area contributed by atoms with Crippen LogP contribution in [0.25, 0.3) is 0 Å². The fraction of sp³-hybridized carbons (Fsp3) is 0.0870. The maximum atomic E-state index is 13.3. The van der Waals surface area contributed by atoms with Gasteiger partial charge < -0.3 is 0 Å². The zero-order valence-corrected chi connectivity index (χ0v) is 16.7. The molecule has 0 unspecified atom stereocenters. The van der Waals surface area contributed by atoms with Gasteiger partial charge in [0.2, 0.25) is 0 Å². The second-order valence-corrected chi connectivity index (χ2v) is 8.05. The van der Waals surface area contributed by atoms with Crippen LogP contribution < -0.4 is 0 Å². The van der Waals surface area contributed by atoms with Crippen LogP contribution in [0.5, 0.6) is 0 Å². The van der Waals surface area contributed by atoms with Crippen molar-refractivity contribution >= 4 is 33.9 Å². The molecule has 4 heteroatoms. The molecule has 0 aliphatic carbocycles. The van der Waals surface area contributed by atoms with Crippen molar-refractivity contribution in [2.24, 2.45) is 0 Å². The van der Waals surface area contributed by atoms with E-state index in [4.69, 9.17) is 0 Å². The van der Waals surface area contributed by atoms with Gasteiger partial charge in [0, 0.05) is 0 Å². The standard InChI is InChI=1S/C23H17GeO3/c24-23(21(26)18-12-6-2-7-13-18,22(27)19-14-8-3-9-15-19)16-20(25)17-10-4-1-5-11-17/h1-15H,16H2. The Morgan fingerprint density at radius 1 is 0.593 bits per heavy atom. The van der Waals surface area contributed by atoms with Crippen LogP contribution in [0.4, 0.5) is 0 Å². The molecule has 0 atom stereocenters. The molecule has 3 aromatic carbocycles. The van der Waals surface area contributed by atoms with Gasteiger partial charge in [0.1, 0.15) is 0 Å². The van der Waals surface area contributed by atoms with Crippen LogP contribution in [-0.4, -0.2) is 33.9 Å². The van der Waals surface area contributed by atoms with Gasteiger partial charge in [-0.1, -0.05) is 0 Å². The van der Waals surface area contributed by atoms with Crippen molar-refractivity contribution in [3.8, 4) is 0 Å². The molecule has 0 bridgehead atoms. The molecule has 0 saturated heterocycles. The number of rotatable bonds is 7. The van der Waals surface area contributed by atoms with Gasteiger partial charge in [-0.3, -0.25) is 0 Å². The van der Waals surface area contributed by atoms with Crippen LogP contribution in [0.15, 0.2) is 91.0 Å². The van der Waals surface area contributed by atoms with Gasteiger partial charge in [-0.15, -0.1) is 0 Å². The van der Waals surface area contributed by atoms with Crippen LogP contribution in [0.3, 0.4) is 0 Å². The molecular weight excluding hydrogens is 397 g/mol. The first-order valence-electron chi connectivity index (χ1n) is 8.55. The van der Waals surface area contributed by atoms with Crippen molar-refractivity contribution in [2.45, 2.75) is 10.7 Å². The van der Waals surface area contributed by atoms with Crippen molar-refractivity contribution in [3.63, 3.8) is 0 Å². The molecule has 3 aromatic rings. The monoisotopic (exact) mass is 415 g/mol. The molecule has 0 spiro atoms. The van der Waals surface area contributed by atoms with E-state index in [9.17, 15) is 14.4 Å². The summed E-state index contributed by atoms with van der Waals surface area (Å²) < 4.78 is -1.48. The molecule has 0 saturated carbocycles. The summed E-state index contributed by atoms with van der Waals surface area (Å²) in [6.45, 7) is 0. The summed E-state index contributed by atoms with van der Waals surface area (Å²) in [5.41, 5.74) is 1.33. The maximum absolute atomic E-state index is 13.3. The van der Waals surface area contributed by atoms with E-state index in [2.05, 4.69) is 0 Å². The Balaban J connectivity index is 2.02. The summed E-state index contributed by atoms with van der Waals surface area (Å²) in [6.07, 6.45) is -0.182. The third kappa shape index (κ3) is 4.14. The third-order valence-corrected chi connectivity index (χ3v) is 5.69. The number of ketones is 3. The van der Waals surface area contributed by atoms with E-state index in [0.717, 1.165) is 0 Å². The summed E-state index contributed by atoms with van der Waals surface area (Å²) in [5.74, 6) is -0.922. The predicted octanol–water partition coefficient (Wildman–Crippen LogP) is 4.35. The molecule has 0 fully saturated rings. The second-order valence-electron chi connectivity index (χ2n) is 6.26. The van der Waals surface area contributed by atoms with E-state index in [0.29, 0.717) is 16.7 Å². The molecule has 0 heterocycles. The minimum absolute atomic E-state index is 0.182. The van der Waals surface area contributed by atoms with Crippen LogP contribution in [-0.2, 0) is 0 Å². The van der Waals surface area contributed by atoms with Crippen LogP contribution in [0.1, 0.15) is 37.5 Å². The average Bonchev–Trinajstić information content (AvgIpc) is 2.74. The van der Waals surface area contributed by atoms with Gasteiger partial charge >= 0.3 is 167 Å². The van der Waals surface area contributed by atoms with Gasteiger partial charge in [-0.2, -0.15) is 0 Å². The Bertz CT molecular complexity index is 899. The van der Waals surface area contributed by atoms with Gasteiger partial charge in [0.25, 0.3) is 0 Å². The van der Waals surface area contributed by atoms with Crippen molar-refractivity contribution < 1.29 is 14.4 Å². The summed E-state index contributed by atoms with van der Waals surface area (Å²) in [7, 11) is 0. The van der Waals surface area contributed by atoms with E-state index in [1.807, 2.05) is 18.2 Å². The first-order valence-corrected chi connectivity index (χ1v) is 9.60. The number of carbonyl (C=O) groups is 3. The van der Waals surface area contributed by atoms with Crippen molar-refractivity contribution in [3.05, 3.63) is 108 Å². The fourth-order valence-corrected chi connectivity index (χ4v) is 3.84. The number of Topliss-reactive ketones (excluding diaryl/α,β-unsaturated/α-hetero) is 3. The Morgan fingerprint density at radius 2 is 0.926 bits per heavy atom. The predicted molar refractivity (Wildman–Crippen MR) is 105 cm³/mol. The van der Waals surface area contributed by atoms with E-state index in [1.165, 1.54) is 0 Å². The summed E-state index contributed by atoms with van der Waals surface area (Å²) in [5, 5.41) is 0. The molecule has 0 aliphatic heterocycles. The first-order chi connectivity index (χ1) is 13.0. The first kappa shape index (κ1) is 19.0. The zero-order chi connectivity index (χ0) is 19.3. The Hall–Kier alpha value is -2.79. The Kier molecular flexibility index (Phi) is 5.82. The summed E-state index contributed by atoms with van der Waals surface area (Å²) >= 11 is 1.57. The van der Waals surface area contributed by atoms with Gasteiger partial charge in [-0.05, 0) is 0 Å². The Morgan fingerprint density at radius 3 is 1.30 bits per heavy atom. The van der Waals surface area contributed by atoms with Crippen molar-refractivity contribution in [1.82, 2.24) is 0 Å². The quantitative estimate of drug-likeness (QED) is 0.328. The van der Waals surface area contributed by atoms with Crippen molar-refractivity contribution in [1.29, 1.82) is 0 Å². The molecule has 0 aliphatic rings.